The number of hydrogen-bond donors (Lipinski definition) is 1. The summed E-state index contributed by atoms with van der Waals surface area (Å²) >= 11 is 0. The number of carbonyl (C=O) groups excluding carboxylic acids is 1. The van der Waals surface area contributed by atoms with Gasteiger partial charge in [-0.15, -0.1) is 0 Å². The maximum absolute atomic E-state index is 13.5. The van der Waals surface area contributed by atoms with Gasteiger partial charge in [-0.2, -0.15) is 0 Å². The van der Waals surface area contributed by atoms with Crippen LogP contribution >= 0.6 is 0 Å². The maximum atomic E-state index is 13.5. The van der Waals surface area contributed by atoms with E-state index in [-0.39, 0.29) is 5.56 Å². The van der Waals surface area contributed by atoms with Crippen molar-refractivity contribution in [1.82, 2.24) is 0 Å². The van der Waals surface area contributed by atoms with Gasteiger partial charge in [0.15, 0.2) is 6.29 Å². The predicted octanol–water partition coefficient (Wildman–Crippen LogP) is 2.38. The summed E-state index contributed by atoms with van der Waals surface area (Å²) in [5, 5.41) is 10.3. The van der Waals surface area contributed by atoms with Crippen LogP contribution in [0.1, 0.15) is 36.0 Å². The molecule has 18 heavy (non-hydrogen) atoms. The Hall–Kier alpha value is -1.42. The third-order valence-corrected chi connectivity index (χ3v) is 3.62. The van der Waals surface area contributed by atoms with Gasteiger partial charge in [0.25, 0.3) is 0 Å². The molecule has 1 aliphatic rings. The average Bonchev–Trinajstić information content (AvgIpc) is 2.75. The quantitative estimate of drug-likeness (QED) is 0.835. The molecule has 4 heteroatoms. The minimum Gasteiger partial charge on any atom is -0.388 e. The molecule has 0 saturated heterocycles. The number of halogens is 1. The molecule has 1 N–H and O–H groups in total. The van der Waals surface area contributed by atoms with Crippen molar-refractivity contribution in [2.75, 3.05) is 18.5 Å². The Kier molecular flexibility index (Phi) is 3.66. The summed E-state index contributed by atoms with van der Waals surface area (Å²) in [6.07, 6.45) is 4.11. The van der Waals surface area contributed by atoms with Crippen molar-refractivity contribution in [3.63, 3.8) is 0 Å². The number of anilines is 1. The lowest BCUT2D eigenvalue weighted by atomic mass is 10.0. The Bertz CT molecular complexity index is 441. The predicted molar refractivity (Wildman–Crippen MR) is 68.5 cm³/mol. The number of hydrogen-bond acceptors (Lipinski definition) is 3. The first kappa shape index (κ1) is 13.0. The summed E-state index contributed by atoms with van der Waals surface area (Å²) in [6, 6.07) is 4.54. The zero-order valence-corrected chi connectivity index (χ0v) is 10.5. The second kappa shape index (κ2) is 5.06. The minimum absolute atomic E-state index is 0.0570. The van der Waals surface area contributed by atoms with Crippen LogP contribution in [0.3, 0.4) is 0 Å². The van der Waals surface area contributed by atoms with Crippen LogP contribution in [0.2, 0.25) is 0 Å². The zero-order valence-electron chi connectivity index (χ0n) is 10.5. The fourth-order valence-corrected chi connectivity index (χ4v) is 2.69. The van der Waals surface area contributed by atoms with Crippen molar-refractivity contribution in [1.29, 1.82) is 0 Å². The van der Waals surface area contributed by atoms with Crippen LogP contribution in [0.5, 0.6) is 0 Å². The molecule has 0 aromatic heterocycles. The van der Waals surface area contributed by atoms with Crippen LogP contribution in [-0.4, -0.2) is 30.6 Å². The Balaban J connectivity index is 2.20. The van der Waals surface area contributed by atoms with Crippen LogP contribution in [-0.2, 0) is 0 Å². The molecule has 0 amide bonds. The molecule has 0 bridgehead atoms. The Morgan fingerprint density at radius 1 is 1.44 bits per heavy atom. The van der Waals surface area contributed by atoms with E-state index in [1.165, 1.54) is 6.07 Å². The van der Waals surface area contributed by atoms with Gasteiger partial charge in [-0.05, 0) is 25.0 Å². The topological polar surface area (TPSA) is 40.5 Å². The second-order valence-corrected chi connectivity index (χ2v) is 5.08. The summed E-state index contributed by atoms with van der Waals surface area (Å²) in [5.74, 6) is -0.521. The third kappa shape index (κ3) is 2.53. The van der Waals surface area contributed by atoms with Crippen LogP contribution < -0.4 is 4.90 Å². The monoisotopic (exact) mass is 251 g/mol. The molecular weight excluding hydrogens is 233 g/mol. The molecule has 1 aromatic rings. The number of carbonyl (C=O) groups is 1. The average molecular weight is 251 g/mol. The molecule has 0 aliphatic heterocycles. The van der Waals surface area contributed by atoms with E-state index >= 15 is 0 Å². The first-order valence-electron chi connectivity index (χ1n) is 6.23. The molecule has 0 radical (unpaired) electrons. The normalized spacial score (nSPS) is 17.7. The summed E-state index contributed by atoms with van der Waals surface area (Å²) < 4.78 is 13.5. The highest BCUT2D eigenvalue weighted by Gasteiger charge is 2.32. The molecule has 98 valence electrons. The number of aliphatic hydroxyl groups is 1. The third-order valence-electron chi connectivity index (χ3n) is 3.62. The van der Waals surface area contributed by atoms with Crippen molar-refractivity contribution >= 4 is 12.0 Å². The van der Waals surface area contributed by atoms with Crippen molar-refractivity contribution in [3.8, 4) is 0 Å². The first-order valence-corrected chi connectivity index (χ1v) is 6.23. The number of likely N-dealkylation sites (N-methyl/N-ethyl adjacent to an activating group) is 1. The fourth-order valence-electron chi connectivity index (χ4n) is 2.69. The van der Waals surface area contributed by atoms with Crippen molar-refractivity contribution < 1.29 is 14.3 Å². The van der Waals surface area contributed by atoms with Crippen molar-refractivity contribution in [2.45, 2.75) is 31.3 Å². The summed E-state index contributed by atoms with van der Waals surface area (Å²) in [7, 11) is 1.78. The molecule has 2 rings (SSSR count). The lowest BCUT2D eigenvalue weighted by molar-refractivity contribution is 0.0558. The van der Waals surface area contributed by atoms with Crippen LogP contribution in [0.25, 0.3) is 0 Å². The molecule has 1 aliphatic carbocycles. The highest BCUT2D eigenvalue weighted by atomic mass is 19.1. The molecule has 1 aromatic carbocycles. The highest BCUT2D eigenvalue weighted by Crippen LogP contribution is 2.32. The van der Waals surface area contributed by atoms with Gasteiger partial charge >= 0.3 is 0 Å². The van der Waals surface area contributed by atoms with Gasteiger partial charge in [0, 0.05) is 13.6 Å². The van der Waals surface area contributed by atoms with Gasteiger partial charge in [0.2, 0.25) is 0 Å². The number of aldehydes is 1. The molecule has 0 unspecified atom stereocenters. The summed E-state index contributed by atoms with van der Waals surface area (Å²) in [5.41, 5.74) is -0.117. The van der Waals surface area contributed by atoms with Gasteiger partial charge in [0.1, 0.15) is 5.82 Å². The Morgan fingerprint density at radius 3 is 2.72 bits per heavy atom. The minimum atomic E-state index is -0.707. The zero-order chi connectivity index (χ0) is 13.2. The fraction of sp³-hybridized carbons (Fsp3) is 0.500. The van der Waals surface area contributed by atoms with Gasteiger partial charge < -0.3 is 10.0 Å². The van der Waals surface area contributed by atoms with E-state index in [1.807, 2.05) is 0 Å². The largest absolute Gasteiger partial charge is 0.388 e. The van der Waals surface area contributed by atoms with E-state index in [9.17, 15) is 14.3 Å². The molecular formula is C14H18FNO2. The number of benzene rings is 1. The SMILES string of the molecule is CN(CC1(O)CCCC1)c1cccc(F)c1C=O. The van der Waals surface area contributed by atoms with E-state index in [0.29, 0.717) is 18.5 Å². The van der Waals surface area contributed by atoms with Gasteiger partial charge in [-0.1, -0.05) is 18.9 Å². The highest BCUT2D eigenvalue weighted by molar-refractivity contribution is 5.84. The van der Waals surface area contributed by atoms with E-state index < -0.39 is 11.4 Å². The summed E-state index contributed by atoms with van der Waals surface area (Å²) in [4.78, 5) is 12.7. The van der Waals surface area contributed by atoms with E-state index in [1.54, 1.807) is 24.1 Å². The molecule has 0 spiro atoms. The van der Waals surface area contributed by atoms with Crippen molar-refractivity contribution in [3.05, 3.63) is 29.6 Å². The lowest BCUT2D eigenvalue weighted by Gasteiger charge is -2.30. The van der Waals surface area contributed by atoms with Crippen LogP contribution in [0.15, 0.2) is 18.2 Å². The van der Waals surface area contributed by atoms with Gasteiger partial charge in [-0.3, -0.25) is 4.79 Å². The number of nitrogens with zero attached hydrogens (tertiary/aromatic N) is 1. The Morgan fingerprint density at radius 2 is 2.11 bits per heavy atom. The maximum Gasteiger partial charge on any atom is 0.155 e. The Labute approximate surface area is 106 Å². The smallest absolute Gasteiger partial charge is 0.155 e. The second-order valence-electron chi connectivity index (χ2n) is 5.08. The number of rotatable bonds is 4. The van der Waals surface area contributed by atoms with Gasteiger partial charge in [-0.25, -0.2) is 4.39 Å². The molecule has 3 nitrogen and oxygen atoms in total. The standard InChI is InChI=1S/C14H18FNO2/c1-16(10-14(18)7-2-3-8-14)13-6-4-5-12(15)11(13)9-17/h4-6,9,18H,2-3,7-8,10H2,1H3. The van der Waals surface area contributed by atoms with Crippen LogP contribution in [0.4, 0.5) is 10.1 Å². The van der Waals surface area contributed by atoms with E-state index in [0.717, 1.165) is 25.7 Å². The van der Waals surface area contributed by atoms with Gasteiger partial charge in [0.05, 0.1) is 16.9 Å². The summed E-state index contributed by atoms with van der Waals surface area (Å²) in [6.45, 7) is 0.428. The van der Waals surface area contributed by atoms with Crippen molar-refractivity contribution in [2.24, 2.45) is 0 Å². The molecule has 0 heterocycles. The van der Waals surface area contributed by atoms with E-state index in [4.69, 9.17) is 0 Å². The molecule has 1 fully saturated rings. The molecule has 1 saturated carbocycles. The van der Waals surface area contributed by atoms with E-state index in [2.05, 4.69) is 0 Å². The lowest BCUT2D eigenvalue weighted by Crippen LogP contribution is -2.39. The first-order chi connectivity index (χ1) is 8.56. The van der Waals surface area contributed by atoms with Crippen LogP contribution in [0, 0.1) is 5.82 Å². The molecule has 0 atom stereocenters.